The number of halogens is 2. The maximum absolute atomic E-state index is 13.2. The molecule has 9 heteroatoms. The van der Waals surface area contributed by atoms with Gasteiger partial charge in [-0.2, -0.15) is 0 Å². The number of nitrogens with zero attached hydrogens (tertiary/aromatic N) is 1. The summed E-state index contributed by atoms with van der Waals surface area (Å²) in [4.78, 5) is 38.3. The summed E-state index contributed by atoms with van der Waals surface area (Å²) >= 11 is 3.39. The Balaban J connectivity index is 1.59. The van der Waals surface area contributed by atoms with Crippen molar-refractivity contribution in [2.45, 2.75) is 13.0 Å². The van der Waals surface area contributed by atoms with Crippen LogP contribution < -0.4 is 16.1 Å². The second kappa shape index (κ2) is 9.88. The lowest BCUT2D eigenvalue weighted by Gasteiger charge is -2.16. The van der Waals surface area contributed by atoms with Gasteiger partial charge in [-0.1, -0.05) is 46.3 Å². The minimum Gasteiger partial charge on any atom is -0.341 e. The number of fused-ring (bicyclic) bond motifs is 1. The monoisotopic (exact) mass is 522 g/mol. The molecule has 0 radical (unpaired) electrons. The number of carbonyl (C=O) groups is 3. The Kier molecular flexibility index (Phi) is 6.74. The highest BCUT2D eigenvalue weighted by Gasteiger charge is 2.22. The van der Waals surface area contributed by atoms with Crippen molar-refractivity contribution in [1.29, 1.82) is 0 Å². The van der Waals surface area contributed by atoms with Crippen LogP contribution in [-0.4, -0.2) is 22.4 Å². The van der Waals surface area contributed by atoms with Crippen molar-refractivity contribution in [1.82, 2.24) is 9.99 Å². The molecule has 1 atom stereocenters. The van der Waals surface area contributed by atoms with Crippen LogP contribution in [-0.2, 0) is 9.59 Å². The third kappa shape index (κ3) is 5.15. The number of anilines is 1. The molecular weight excluding hydrogens is 503 g/mol. The van der Waals surface area contributed by atoms with Crippen LogP contribution in [0.5, 0.6) is 0 Å². The first kappa shape index (κ1) is 23.2. The number of hydrogen-bond donors (Lipinski definition) is 3. The summed E-state index contributed by atoms with van der Waals surface area (Å²) in [5.41, 5.74) is 4.35. The molecule has 3 amide bonds. The summed E-state index contributed by atoms with van der Waals surface area (Å²) in [6.45, 7) is 1.77. The molecule has 4 aromatic rings. The number of nitrogens with one attached hydrogen (secondary N) is 3. The second-order valence-corrected chi connectivity index (χ2v) is 8.49. The van der Waals surface area contributed by atoms with E-state index in [2.05, 4.69) is 32.0 Å². The summed E-state index contributed by atoms with van der Waals surface area (Å²) in [5.74, 6) is -2.75. The van der Waals surface area contributed by atoms with E-state index in [9.17, 15) is 18.8 Å². The van der Waals surface area contributed by atoms with Gasteiger partial charge in [0.15, 0.2) is 0 Å². The zero-order chi connectivity index (χ0) is 24.2. The summed E-state index contributed by atoms with van der Waals surface area (Å²) in [6.07, 6.45) is 0. The number of aromatic nitrogens is 1. The lowest BCUT2D eigenvalue weighted by molar-refractivity contribution is -0.137. The van der Waals surface area contributed by atoms with E-state index in [-0.39, 0.29) is 5.69 Å². The molecule has 0 saturated carbocycles. The zero-order valence-electron chi connectivity index (χ0n) is 18.0. The minimum atomic E-state index is -0.931. The molecule has 3 aromatic carbocycles. The van der Waals surface area contributed by atoms with Crippen LogP contribution in [0.2, 0.25) is 0 Å². The van der Waals surface area contributed by atoms with Crippen molar-refractivity contribution in [3.63, 3.8) is 0 Å². The third-order valence-electron chi connectivity index (χ3n) is 5.17. The Morgan fingerprint density at radius 1 is 0.912 bits per heavy atom. The first-order chi connectivity index (χ1) is 16.3. The molecule has 1 aromatic heterocycles. The summed E-state index contributed by atoms with van der Waals surface area (Å²) < 4.78 is 15.2. The number of amides is 3. The van der Waals surface area contributed by atoms with Crippen LogP contribution in [0.1, 0.15) is 29.0 Å². The molecule has 0 unspecified atom stereocenters. The van der Waals surface area contributed by atoms with Crippen molar-refractivity contribution in [3.05, 3.63) is 100 Å². The number of benzene rings is 3. The van der Waals surface area contributed by atoms with Crippen LogP contribution in [0, 0.1) is 5.82 Å². The molecule has 3 N–H and O–H groups in total. The summed E-state index contributed by atoms with van der Waals surface area (Å²) in [5, 5.41) is 5.98. The fourth-order valence-electron chi connectivity index (χ4n) is 3.44. The average molecular weight is 523 g/mol. The fraction of sp³-hybridized carbons (Fsp3) is 0.0800. The molecule has 0 aliphatic carbocycles. The molecule has 0 aliphatic heterocycles. The van der Waals surface area contributed by atoms with Gasteiger partial charge >= 0.3 is 11.8 Å². The molecule has 4 rings (SSSR count). The van der Waals surface area contributed by atoms with Gasteiger partial charge in [0.05, 0.1) is 11.6 Å². The van der Waals surface area contributed by atoms with E-state index in [1.165, 1.54) is 28.9 Å². The van der Waals surface area contributed by atoms with Gasteiger partial charge in [-0.3, -0.25) is 19.8 Å². The van der Waals surface area contributed by atoms with E-state index in [1.54, 1.807) is 31.2 Å². The maximum atomic E-state index is 13.2. The standard InChI is InChI=1S/C25H20BrFN4O3/c1-15(16-5-3-2-4-6-16)28-24(33)25(34)30-31-21-12-7-18(26)13-17(21)14-22(31)23(32)29-20-10-8-19(27)9-11-20/h2-15H,1H3,(H,28,33)(H,29,32)(H,30,34)/t15-/m1/s1. The first-order valence-electron chi connectivity index (χ1n) is 10.4. The van der Waals surface area contributed by atoms with Crippen molar-refractivity contribution >= 4 is 50.2 Å². The zero-order valence-corrected chi connectivity index (χ0v) is 19.6. The lowest BCUT2D eigenvalue weighted by atomic mass is 10.1. The highest BCUT2D eigenvalue weighted by Crippen LogP contribution is 2.24. The Labute approximate surface area is 203 Å². The fourth-order valence-corrected chi connectivity index (χ4v) is 3.82. The highest BCUT2D eigenvalue weighted by molar-refractivity contribution is 9.10. The van der Waals surface area contributed by atoms with Crippen LogP contribution in [0.4, 0.5) is 10.1 Å². The Bertz CT molecular complexity index is 1370. The van der Waals surface area contributed by atoms with Crippen molar-refractivity contribution in [3.8, 4) is 0 Å². The SMILES string of the molecule is C[C@@H](NC(=O)C(=O)Nn1c(C(=O)Nc2ccc(F)cc2)cc2cc(Br)ccc21)c1ccccc1. The normalized spacial score (nSPS) is 11.6. The Morgan fingerprint density at radius 3 is 2.32 bits per heavy atom. The lowest BCUT2D eigenvalue weighted by Crippen LogP contribution is -2.40. The van der Waals surface area contributed by atoms with Gasteiger partial charge in [0.2, 0.25) is 0 Å². The molecule has 172 valence electrons. The number of hydrogen-bond acceptors (Lipinski definition) is 3. The van der Waals surface area contributed by atoms with Crippen LogP contribution in [0.25, 0.3) is 10.9 Å². The predicted molar refractivity (Wildman–Crippen MR) is 131 cm³/mol. The predicted octanol–water partition coefficient (Wildman–Crippen LogP) is 4.74. The van der Waals surface area contributed by atoms with Gasteiger partial charge in [-0.25, -0.2) is 9.07 Å². The number of carbonyl (C=O) groups excluding carboxylic acids is 3. The van der Waals surface area contributed by atoms with E-state index in [1.807, 2.05) is 30.3 Å². The van der Waals surface area contributed by atoms with Gasteiger partial charge in [0.1, 0.15) is 11.5 Å². The maximum Gasteiger partial charge on any atom is 0.328 e. The molecular formula is C25H20BrFN4O3. The van der Waals surface area contributed by atoms with Crippen LogP contribution in [0.15, 0.2) is 83.3 Å². The molecule has 0 fully saturated rings. The van der Waals surface area contributed by atoms with Crippen molar-refractivity contribution in [2.24, 2.45) is 0 Å². The minimum absolute atomic E-state index is 0.0923. The van der Waals surface area contributed by atoms with E-state index < -0.39 is 29.6 Å². The van der Waals surface area contributed by atoms with Gasteiger partial charge in [0.25, 0.3) is 5.91 Å². The average Bonchev–Trinajstić information content (AvgIpc) is 3.18. The first-order valence-corrected chi connectivity index (χ1v) is 11.2. The van der Waals surface area contributed by atoms with E-state index in [0.717, 1.165) is 10.0 Å². The van der Waals surface area contributed by atoms with Crippen LogP contribution >= 0.6 is 15.9 Å². The number of rotatable bonds is 5. The summed E-state index contributed by atoms with van der Waals surface area (Å²) in [6, 6.07) is 21.0. The van der Waals surface area contributed by atoms with E-state index in [4.69, 9.17) is 0 Å². The smallest absolute Gasteiger partial charge is 0.328 e. The Hall–Kier alpha value is -3.98. The molecule has 0 bridgehead atoms. The van der Waals surface area contributed by atoms with E-state index >= 15 is 0 Å². The van der Waals surface area contributed by atoms with Gasteiger partial charge < -0.3 is 10.6 Å². The van der Waals surface area contributed by atoms with Crippen LogP contribution in [0.3, 0.4) is 0 Å². The quantitative estimate of drug-likeness (QED) is 0.330. The molecule has 0 aliphatic rings. The van der Waals surface area contributed by atoms with Crippen molar-refractivity contribution in [2.75, 3.05) is 10.7 Å². The molecule has 7 nitrogen and oxygen atoms in total. The van der Waals surface area contributed by atoms with Gasteiger partial charge in [0, 0.05) is 15.5 Å². The highest BCUT2D eigenvalue weighted by atomic mass is 79.9. The van der Waals surface area contributed by atoms with E-state index in [0.29, 0.717) is 16.6 Å². The topological polar surface area (TPSA) is 92.2 Å². The summed E-state index contributed by atoms with van der Waals surface area (Å²) in [7, 11) is 0. The van der Waals surface area contributed by atoms with Crippen molar-refractivity contribution < 1.29 is 18.8 Å². The Morgan fingerprint density at radius 2 is 1.62 bits per heavy atom. The molecule has 34 heavy (non-hydrogen) atoms. The molecule has 0 spiro atoms. The largest absolute Gasteiger partial charge is 0.341 e. The van der Waals surface area contributed by atoms with Gasteiger partial charge in [-0.05, 0) is 61.0 Å². The molecule has 1 heterocycles. The van der Waals surface area contributed by atoms with Gasteiger partial charge in [-0.15, -0.1) is 0 Å². The third-order valence-corrected chi connectivity index (χ3v) is 5.66. The second-order valence-electron chi connectivity index (χ2n) is 7.58. The molecule has 0 saturated heterocycles.